The van der Waals surface area contributed by atoms with Gasteiger partial charge in [0.25, 0.3) is 5.91 Å². The molecule has 0 bridgehead atoms. The Hall–Kier alpha value is -3.60. The van der Waals surface area contributed by atoms with Gasteiger partial charge >= 0.3 is 0 Å². The lowest BCUT2D eigenvalue weighted by Crippen LogP contribution is -2.17. The fourth-order valence-electron chi connectivity index (χ4n) is 2.91. The molecule has 3 rings (SSSR count). The first-order valence-electron chi connectivity index (χ1n) is 9.01. The van der Waals surface area contributed by atoms with Crippen molar-refractivity contribution in [2.45, 2.75) is 13.8 Å². The predicted octanol–water partition coefficient (Wildman–Crippen LogP) is 4.42. The Balaban J connectivity index is 1.63. The molecule has 0 radical (unpaired) electrons. The topological polar surface area (TPSA) is 55.6 Å². The van der Waals surface area contributed by atoms with Gasteiger partial charge in [-0.1, -0.05) is 24.8 Å². The van der Waals surface area contributed by atoms with Gasteiger partial charge in [0.2, 0.25) is 0 Å². The fraction of sp³-hybridized carbons (Fsp3) is 0.130. The van der Waals surface area contributed by atoms with E-state index in [0.717, 1.165) is 28.4 Å². The van der Waals surface area contributed by atoms with E-state index in [1.165, 1.54) is 0 Å². The highest BCUT2D eigenvalue weighted by Gasteiger charge is 2.07. The summed E-state index contributed by atoms with van der Waals surface area (Å²) in [6.07, 6.45) is 3.27. The highest BCUT2D eigenvalue weighted by Crippen LogP contribution is 2.17. The molecule has 0 saturated carbocycles. The number of aromatic nitrogens is 1. The molecule has 142 valence electrons. The Bertz CT molecular complexity index is 981. The molecule has 0 aliphatic carbocycles. The third-order valence-electron chi connectivity index (χ3n) is 4.26. The molecule has 0 atom stereocenters. The summed E-state index contributed by atoms with van der Waals surface area (Å²) in [6, 6.07) is 19.0. The second-order valence-corrected chi connectivity index (χ2v) is 6.37. The Kier molecular flexibility index (Phi) is 6.07. The van der Waals surface area contributed by atoms with E-state index in [2.05, 4.69) is 47.7 Å². The molecule has 0 spiro atoms. The van der Waals surface area contributed by atoms with Crippen LogP contribution < -0.4 is 10.2 Å². The molecule has 1 heterocycles. The van der Waals surface area contributed by atoms with Crippen LogP contribution in [0, 0.1) is 13.8 Å². The minimum absolute atomic E-state index is 0.261. The average Bonchev–Trinajstić information content (AvgIpc) is 3.05. The SMILES string of the molecule is C=CCOc1cccc(/C=N\NC(=O)c2ccc(-n3c(C)ccc3C)cc2)c1. The van der Waals surface area contributed by atoms with E-state index >= 15 is 0 Å². The van der Waals surface area contributed by atoms with E-state index in [1.807, 2.05) is 36.4 Å². The van der Waals surface area contributed by atoms with Gasteiger partial charge in [0.15, 0.2) is 0 Å². The smallest absolute Gasteiger partial charge is 0.271 e. The third kappa shape index (κ3) is 4.57. The second-order valence-electron chi connectivity index (χ2n) is 6.37. The van der Waals surface area contributed by atoms with E-state index in [9.17, 15) is 4.79 Å². The third-order valence-corrected chi connectivity index (χ3v) is 4.26. The van der Waals surface area contributed by atoms with Crippen LogP contribution in [0.2, 0.25) is 0 Å². The van der Waals surface area contributed by atoms with Crippen molar-refractivity contribution in [2.75, 3.05) is 6.61 Å². The molecule has 3 aromatic rings. The molecule has 2 aromatic carbocycles. The number of hydrazone groups is 1. The number of carbonyl (C=O) groups excluding carboxylic acids is 1. The highest BCUT2D eigenvalue weighted by atomic mass is 16.5. The van der Waals surface area contributed by atoms with E-state index in [-0.39, 0.29) is 5.91 Å². The van der Waals surface area contributed by atoms with Crippen molar-refractivity contribution < 1.29 is 9.53 Å². The number of amides is 1. The first-order chi connectivity index (χ1) is 13.6. The summed E-state index contributed by atoms with van der Waals surface area (Å²) in [5.74, 6) is 0.462. The van der Waals surface area contributed by atoms with Gasteiger partial charge in [0.1, 0.15) is 12.4 Å². The first-order valence-corrected chi connectivity index (χ1v) is 9.01. The number of hydrogen-bond donors (Lipinski definition) is 1. The molecule has 5 heteroatoms. The van der Waals surface area contributed by atoms with Crippen LogP contribution in [0.3, 0.4) is 0 Å². The number of aryl methyl sites for hydroxylation is 2. The molecule has 1 N–H and O–H groups in total. The van der Waals surface area contributed by atoms with Gasteiger partial charge in [-0.15, -0.1) is 0 Å². The summed E-state index contributed by atoms with van der Waals surface area (Å²) in [5.41, 5.74) is 7.26. The zero-order valence-electron chi connectivity index (χ0n) is 16.1. The molecule has 1 amide bonds. The van der Waals surface area contributed by atoms with Crippen molar-refractivity contribution >= 4 is 12.1 Å². The summed E-state index contributed by atoms with van der Waals surface area (Å²) in [4.78, 5) is 12.3. The Morgan fingerprint density at radius 3 is 2.50 bits per heavy atom. The molecule has 0 aliphatic heterocycles. The lowest BCUT2D eigenvalue weighted by Gasteiger charge is -2.10. The fourth-order valence-corrected chi connectivity index (χ4v) is 2.91. The molecule has 0 unspecified atom stereocenters. The van der Waals surface area contributed by atoms with Crippen molar-refractivity contribution in [3.63, 3.8) is 0 Å². The Morgan fingerprint density at radius 1 is 1.11 bits per heavy atom. The summed E-state index contributed by atoms with van der Waals surface area (Å²) in [6.45, 7) is 8.17. The minimum Gasteiger partial charge on any atom is -0.490 e. The van der Waals surface area contributed by atoms with Crippen molar-refractivity contribution in [3.8, 4) is 11.4 Å². The average molecular weight is 373 g/mol. The van der Waals surface area contributed by atoms with Gasteiger partial charge in [0.05, 0.1) is 6.21 Å². The monoisotopic (exact) mass is 373 g/mol. The van der Waals surface area contributed by atoms with E-state index in [4.69, 9.17) is 4.74 Å². The molecular weight excluding hydrogens is 350 g/mol. The number of ether oxygens (including phenoxy) is 1. The number of benzene rings is 2. The van der Waals surface area contributed by atoms with Crippen molar-refractivity contribution in [2.24, 2.45) is 5.10 Å². The molecule has 0 fully saturated rings. The number of rotatable bonds is 7. The number of nitrogens with one attached hydrogen (secondary N) is 1. The number of hydrogen-bond acceptors (Lipinski definition) is 3. The summed E-state index contributed by atoms with van der Waals surface area (Å²) < 4.78 is 7.62. The van der Waals surface area contributed by atoms with Crippen LogP contribution in [0.4, 0.5) is 0 Å². The normalized spacial score (nSPS) is 10.8. The maximum Gasteiger partial charge on any atom is 0.271 e. The summed E-state index contributed by atoms with van der Waals surface area (Å²) >= 11 is 0. The predicted molar refractivity (Wildman–Crippen MR) is 112 cm³/mol. The zero-order valence-corrected chi connectivity index (χ0v) is 16.1. The van der Waals surface area contributed by atoms with Crippen LogP contribution in [0.15, 0.2) is 78.4 Å². The maximum atomic E-state index is 12.3. The van der Waals surface area contributed by atoms with Crippen LogP contribution in [0.25, 0.3) is 5.69 Å². The lowest BCUT2D eigenvalue weighted by atomic mass is 10.2. The molecule has 0 aliphatic rings. The molecule has 5 nitrogen and oxygen atoms in total. The van der Waals surface area contributed by atoms with Crippen LogP contribution in [0.1, 0.15) is 27.3 Å². The Morgan fingerprint density at radius 2 is 1.82 bits per heavy atom. The van der Waals surface area contributed by atoms with Crippen LogP contribution in [-0.2, 0) is 0 Å². The number of carbonyl (C=O) groups is 1. The van der Waals surface area contributed by atoms with Gasteiger partial charge in [-0.05, 0) is 67.9 Å². The minimum atomic E-state index is -0.261. The van der Waals surface area contributed by atoms with Gasteiger partial charge in [-0.25, -0.2) is 5.43 Å². The largest absolute Gasteiger partial charge is 0.490 e. The number of nitrogens with zero attached hydrogens (tertiary/aromatic N) is 2. The van der Waals surface area contributed by atoms with Gasteiger partial charge in [0, 0.05) is 22.6 Å². The van der Waals surface area contributed by atoms with E-state index in [0.29, 0.717) is 12.2 Å². The Labute approximate surface area is 165 Å². The standard InChI is InChI=1S/C23H23N3O2/c1-4-14-28-22-7-5-6-19(15-22)16-24-25-23(27)20-10-12-21(13-11-20)26-17(2)8-9-18(26)3/h4-13,15-16H,1,14H2,2-3H3,(H,25,27)/b24-16-. The summed E-state index contributed by atoms with van der Waals surface area (Å²) in [7, 11) is 0. The molecule has 28 heavy (non-hydrogen) atoms. The second kappa shape index (κ2) is 8.86. The van der Waals surface area contributed by atoms with Crippen LogP contribution in [0.5, 0.6) is 5.75 Å². The maximum absolute atomic E-state index is 12.3. The van der Waals surface area contributed by atoms with Crippen molar-refractivity contribution in [1.82, 2.24) is 9.99 Å². The van der Waals surface area contributed by atoms with Gasteiger partial charge in [-0.2, -0.15) is 5.10 Å². The van der Waals surface area contributed by atoms with E-state index in [1.54, 1.807) is 24.4 Å². The first kappa shape index (κ1) is 19.2. The molecule has 0 saturated heterocycles. The zero-order chi connectivity index (χ0) is 19.9. The van der Waals surface area contributed by atoms with Crippen LogP contribution in [-0.4, -0.2) is 23.3 Å². The van der Waals surface area contributed by atoms with Crippen molar-refractivity contribution in [3.05, 3.63) is 95.8 Å². The van der Waals surface area contributed by atoms with E-state index < -0.39 is 0 Å². The molecule has 1 aromatic heterocycles. The quantitative estimate of drug-likeness (QED) is 0.379. The highest BCUT2D eigenvalue weighted by molar-refractivity contribution is 5.95. The van der Waals surface area contributed by atoms with Crippen LogP contribution >= 0.6 is 0 Å². The van der Waals surface area contributed by atoms with Gasteiger partial charge < -0.3 is 9.30 Å². The summed E-state index contributed by atoms with van der Waals surface area (Å²) in [5, 5.41) is 4.03. The van der Waals surface area contributed by atoms with Gasteiger partial charge in [-0.3, -0.25) is 4.79 Å². The molecular formula is C23H23N3O2. The lowest BCUT2D eigenvalue weighted by molar-refractivity contribution is 0.0955. The van der Waals surface area contributed by atoms with Crippen molar-refractivity contribution in [1.29, 1.82) is 0 Å².